The van der Waals surface area contributed by atoms with Crippen molar-refractivity contribution < 1.29 is 9.90 Å². The number of fused-ring (bicyclic) bond motifs is 2. The molecule has 1 aliphatic rings. The predicted octanol–water partition coefficient (Wildman–Crippen LogP) is 4.89. The standard InChI is InChI=1S/C19H14N4O2S2/c24-17(25)14-10-26-19(22-14)23-8-7-11-9-12(5-6-15(11)23)20-18-21-13-3-1-2-4-16(13)27-18/h1-6,9-10H,7-8H2,(H,20,21)(H,24,25). The molecule has 1 aliphatic heterocycles. The minimum Gasteiger partial charge on any atom is -0.476 e. The van der Waals surface area contributed by atoms with Crippen LogP contribution in [0.1, 0.15) is 16.1 Å². The Morgan fingerprint density at radius 2 is 2.07 bits per heavy atom. The van der Waals surface area contributed by atoms with Crippen molar-refractivity contribution in [3.63, 3.8) is 0 Å². The molecule has 27 heavy (non-hydrogen) atoms. The summed E-state index contributed by atoms with van der Waals surface area (Å²) >= 11 is 2.99. The van der Waals surface area contributed by atoms with Gasteiger partial charge in [0.15, 0.2) is 16.0 Å². The maximum Gasteiger partial charge on any atom is 0.355 e. The number of aromatic nitrogens is 2. The van der Waals surface area contributed by atoms with E-state index < -0.39 is 5.97 Å². The second kappa shape index (κ2) is 6.33. The van der Waals surface area contributed by atoms with Crippen LogP contribution in [0.4, 0.5) is 21.6 Å². The number of aromatic carboxylic acids is 1. The molecule has 0 atom stereocenters. The van der Waals surface area contributed by atoms with E-state index in [0.717, 1.165) is 44.8 Å². The summed E-state index contributed by atoms with van der Waals surface area (Å²) in [5, 5.41) is 15.6. The molecule has 5 rings (SSSR count). The smallest absolute Gasteiger partial charge is 0.355 e. The van der Waals surface area contributed by atoms with Gasteiger partial charge in [0, 0.05) is 23.3 Å². The molecule has 0 saturated heterocycles. The van der Waals surface area contributed by atoms with E-state index >= 15 is 0 Å². The lowest BCUT2D eigenvalue weighted by molar-refractivity contribution is 0.0691. The van der Waals surface area contributed by atoms with E-state index in [1.165, 1.54) is 16.9 Å². The number of anilines is 4. The third-order valence-electron chi connectivity index (χ3n) is 4.46. The molecule has 8 heteroatoms. The van der Waals surface area contributed by atoms with E-state index in [1.54, 1.807) is 16.7 Å². The van der Waals surface area contributed by atoms with Gasteiger partial charge < -0.3 is 15.3 Å². The molecule has 4 aromatic rings. The molecule has 0 bridgehead atoms. The van der Waals surface area contributed by atoms with Crippen molar-refractivity contribution in [1.29, 1.82) is 0 Å². The Bertz CT molecular complexity index is 1130. The molecule has 2 aromatic carbocycles. The second-order valence-corrected chi connectivity index (χ2v) is 8.04. The highest BCUT2D eigenvalue weighted by Gasteiger charge is 2.24. The van der Waals surface area contributed by atoms with Crippen LogP contribution < -0.4 is 10.2 Å². The van der Waals surface area contributed by atoms with Gasteiger partial charge in [0.05, 0.1) is 10.2 Å². The molecule has 3 heterocycles. The number of hydrogen-bond acceptors (Lipinski definition) is 7. The van der Waals surface area contributed by atoms with Gasteiger partial charge in [0.2, 0.25) is 0 Å². The zero-order valence-corrected chi connectivity index (χ0v) is 15.7. The molecule has 0 amide bonds. The third-order valence-corrected chi connectivity index (χ3v) is 6.28. The number of hydrogen-bond donors (Lipinski definition) is 2. The van der Waals surface area contributed by atoms with Gasteiger partial charge in [-0.2, -0.15) is 0 Å². The number of rotatable bonds is 4. The summed E-state index contributed by atoms with van der Waals surface area (Å²) in [5.41, 5.74) is 4.39. The average molecular weight is 394 g/mol. The first-order valence-electron chi connectivity index (χ1n) is 8.39. The zero-order valence-electron chi connectivity index (χ0n) is 14.0. The second-order valence-electron chi connectivity index (χ2n) is 6.18. The van der Waals surface area contributed by atoms with Crippen molar-refractivity contribution in [2.24, 2.45) is 0 Å². The molecule has 6 nitrogen and oxygen atoms in total. The van der Waals surface area contributed by atoms with Gasteiger partial charge in [-0.3, -0.25) is 0 Å². The summed E-state index contributed by atoms with van der Waals surface area (Å²) < 4.78 is 1.16. The van der Waals surface area contributed by atoms with E-state index in [4.69, 9.17) is 5.11 Å². The lowest BCUT2D eigenvalue weighted by Crippen LogP contribution is -2.13. The fraction of sp³-hybridized carbons (Fsp3) is 0.105. The van der Waals surface area contributed by atoms with Crippen molar-refractivity contribution in [3.05, 3.63) is 59.1 Å². The number of carboxylic acid groups (broad SMARTS) is 1. The number of benzene rings is 2. The number of thiazole rings is 2. The Labute approximate surface area is 162 Å². The molecule has 0 spiro atoms. The predicted molar refractivity (Wildman–Crippen MR) is 109 cm³/mol. The SMILES string of the molecule is O=C(O)c1csc(N2CCc3cc(Nc4nc5ccccc5s4)ccc32)n1. The van der Waals surface area contributed by atoms with Crippen LogP contribution in [0.25, 0.3) is 10.2 Å². The van der Waals surface area contributed by atoms with E-state index in [9.17, 15) is 4.79 Å². The molecular formula is C19H14N4O2S2. The first-order chi connectivity index (χ1) is 13.2. The van der Waals surface area contributed by atoms with Crippen molar-refractivity contribution in [2.45, 2.75) is 6.42 Å². The maximum absolute atomic E-state index is 11.1. The lowest BCUT2D eigenvalue weighted by Gasteiger charge is -2.16. The van der Waals surface area contributed by atoms with Crippen molar-refractivity contribution in [1.82, 2.24) is 9.97 Å². The van der Waals surface area contributed by atoms with Gasteiger partial charge in [0.25, 0.3) is 0 Å². The van der Waals surface area contributed by atoms with E-state index in [2.05, 4.69) is 38.4 Å². The molecule has 2 aromatic heterocycles. The summed E-state index contributed by atoms with van der Waals surface area (Å²) in [6.45, 7) is 0.798. The first-order valence-corrected chi connectivity index (χ1v) is 10.1. The minimum absolute atomic E-state index is 0.0950. The molecule has 0 aliphatic carbocycles. The van der Waals surface area contributed by atoms with Gasteiger partial charge in [0.1, 0.15) is 0 Å². The summed E-state index contributed by atoms with van der Waals surface area (Å²) in [6.07, 6.45) is 0.896. The number of carboxylic acids is 1. The summed E-state index contributed by atoms with van der Waals surface area (Å²) in [4.78, 5) is 22.0. The third kappa shape index (κ3) is 2.92. The molecule has 0 unspecified atom stereocenters. The van der Waals surface area contributed by atoms with Gasteiger partial charge in [-0.05, 0) is 42.3 Å². The van der Waals surface area contributed by atoms with E-state index in [1.807, 2.05) is 24.3 Å². The number of nitrogens with zero attached hydrogens (tertiary/aromatic N) is 3. The van der Waals surface area contributed by atoms with Gasteiger partial charge in [-0.25, -0.2) is 14.8 Å². The summed E-state index contributed by atoms with van der Waals surface area (Å²) in [5.74, 6) is -0.993. The number of carbonyl (C=O) groups is 1. The minimum atomic E-state index is -0.993. The van der Waals surface area contributed by atoms with E-state index in [-0.39, 0.29) is 5.69 Å². The number of para-hydroxylation sites is 1. The van der Waals surface area contributed by atoms with Gasteiger partial charge >= 0.3 is 5.97 Å². The molecule has 0 saturated carbocycles. The van der Waals surface area contributed by atoms with Crippen LogP contribution >= 0.6 is 22.7 Å². The van der Waals surface area contributed by atoms with Crippen molar-refractivity contribution >= 4 is 60.5 Å². The van der Waals surface area contributed by atoms with Crippen molar-refractivity contribution in [2.75, 3.05) is 16.8 Å². The Kier molecular flexibility index (Phi) is 3.80. The van der Waals surface area contributed by atoms with Crippen LogP contribution in [0.2, 0.25) is 0 Å². The fourth-order valence-electron chi connectivity index (χ4n) is 3.21. The fourth-order valence-corrected chi connectivity index (χ4v) is 4.94. The van der Waals surface area contributed by atoms with Crippen LogP contribution in [0.5, 0.6) is 0 Å². The summed E-state index contributed by atoms with van der Waals surface area (Å²) in [7, 11) is 0. The van der Waals surface area contributed by atoms with E-state index in [0.29, 0.717) is 0 Å². The Morgan fingerprint density at radius 3 is 2.89 bits per heavy atom. The highest BCUT2D eigenvalue weighted by molar-refractivity contribution is 7.22. The Morgan fingerprint density at radius 1 is 1.19 bits per heavy atom. The van der Waals surface area contributed by atoms with Crippen LogP contribution in [-0.2, 0) is 6.42 Å². The first kappa shape index (κ1) is 16.2. The molecule has 0 radical (unpaired) electrons. The topological polar surface area (TPSA) is 78.4 Å². The quantitative estimate of drug-likeness (QED) is 0.513. The number of nitrogens with one attached hydrogen (secondary N) is 1. The average Bonchev–Trinajstić information content (AvgIpc) is 3.38. The Balaban J connectivity index is 1.41. The van der Waals surface area contributed by atoms with Crippen LogP contribution in [0, 0.1) is 0 Å². The lowest BCUT2D eigenvalue weighted by atomic mass is 10.1. The van der Waals surface area contributed by atoms with Crippen LogP contribution in [0.15, 0.2) is 47.8 Å². The molecule has 134 valence electrons. The summed E-state index contributed by atoms with van der Waals surface area (Å²) in [6, 6.07) is 14.3. The van der Waals surface area contributed by atoms with Gasteiger partial charge in [-0.15, -0.1) is 11.3 Å². The maximum atomic E-state index is 11.1. The van der Waals surface area contributed by atoms with Crippen LogP contribution in [0.3, 0.4) is 0 Å². The molecule has 2 N–H and O–H groups in total. The molecular weight excluding hydrogens is 380 g/mol. The normalized spacial score (nSPS) is 13.1. The zero-order chi connectivity index (χ0) is 18.4. The highest BCUT2D eigenvalue weighted by Crippen LogP contribution is 2.38. The Hall–Kier alpha value is -2.97. The van der Waals surface area contributed by atoms with Crippen molar-refractivity contribution in [3.8, 4) is 0 Å². The monoisotopic (exact) mass is 394 g/mol. The molecule has 0 fully saturated rings. The highest BCUT2D eigenvalue weighted by atomic mass is 32.1. The van der Waals surface area contributed by atoms with Gasteiger partial charge in [-0.1, -0.05) is 23.5 Å². The van der Waals surface area contributed by atoms with Crippen LogP contribution in [-0.4, -0.2) is 27.6 Å². The largest absolute Gasteiger partial charge is 0.476 e.